The number of rotatable bonds is 9. The molecule has 1 aliphatic carbocycles. The number of para-hydroxylation sites is 1. The molecule has 3 amide bonds. The van der Waals surface area contributed by atoms with Gasteiger partial charge in [-0.15, -0.1) is 0 Å². The second-order valence-electron chi connectivity index (χ2n) is 7.29. The van der Waals surface area contributed by atoms with Crippen LogP contribution >= 0.6 is 0 Å². The summed E-state index contributed by atoms with van der Waals surface area (Å²) in [6.45, 7) is 3.21. The number of methoxy groups -OCH3 is 1. The van der Waals surface area contributed by atoms with Crippen LogP contribution in [0.2, 0.25) is 0 Å². The van der Waals surface area contributed by atoms with Gasteiger partial charge in [0.1, 0.15) is 17.4 Å². The van der Waals surface area contributed by atoms with E-state index in [1.165, 1.54) is 9.48 Å². The molecule has 1 unspecified atom stereocenters. The Labute approximate surface area is 185 Å². The molecule has 2 aliphatic rings. The smallest absolute Gasteiger partial charge is 0.493 e. The minimum atomic E-state index is -0.527. The van der Waals surface area contributed by atoms with Crippen molar-refractivity contribution < 1.29 is 28.2 Å². The minimum absolute atomic E-state index is 0.0563. The van der Waals surface area contributed by atoms with E-state index in [1.807, 2.05) is 37.3 Å². The zero-order chi connectivity index (χ0) is 22.5. The highest BCUT2D eigenvalue weighted by molar-refractivity contribution is 6.16. The van der Waals surface area contributed by atoms with Crippen LogP contribution in [-0.4, -0.2) is 64.1 Å². The number of allylic oxidation sites excluding steroid dienone is 3. The van der Waals surface area contributed by atoms with E-state index in [0.717, 1.165) is 0 Å². The quantitative estimate of drug-likeness (QED) is 0.439. The van der Waals surface area contributed by atoms with E-state index in [-0.39, 0.29) is 24.9 Å². The zero-order valence-corrected chi connectivity index (χ0v) is 18.1. The number of nitrogens with zero attached hydrogens (tertiary/aromatic N) is 4. The molecule has 0 N–H and O–H groups in total. The Balaban J connectivity index is 1.63. The number of carbonyl (C=O) groups is 2. The van der Waals surface area contributed by atoms with Crippen LogP contribution in [0.5, 0.6) is 5.75 Å². The first-order chi connectivity index (χ1) is 15.6. The molecule has 0 radical (unpaired) electrons. The maximum atomic E-state index is 13.2. The Bertz CT molecular complexity index is 1100. The van der Waals surface area contributed by atoms with Gasteiger partial charge in [-0.3, -0.25) is 0 Å². The number of hydrogen-bond donors (Lipinski definition) is 0. The first-order valence-corrected chi connectivity index (χ1v) is 10.5. The maximum Gasteiger partial charge on any atom is 0.501 e. The van der Waals surface area contributed by atoms with Crippen molar-refractivity contribution in [2.24, 2.45) is 5.92 Å². The van der Waals surface area contributed by atoms with Gasteiger partial charge in [0, 0.05) is 20.1 Å². The number of urea groups is 1. The van der Waals surface area contributed by atoms with Crippen molar-refractivity contribution in [3.05, 3.63) is 54.5 Å². The molecule has 0 saturated heterocycles. The summed E-state index contributed by atoms with van der Waals surface area (Å²) in [5.41, 5.74) is 1.30. The van der Waals surface area contributed by atoms with Crippen molar-refractivity contribution in [3.8, 4) is 17.1 Å². The van der Waals surface area contributed by atoms with Gasteiger partial charge < -0.3 is 14.0 Å². The van der Waals surface area contributed by atoms with Gasteiger partial charge in [-0.2, -0.15) is 19.3 Å². The third kappa shape index (κ3) is 4.24. The first-order valence-electron chi connectivity index (χ1n) is 10.5. The normalized spacial score (nSPS) is 17.8. The Hall–Kier alpha value is -3.59. The molecular formula is C23H25N4O5+. The average Bonchev–Trinajstić information content (AvgIpc) is 3.28. The highest BCUT2D eigenvalue weighted by Crippen LogP contribution is 2.28. The molecule has 9 nitrogen and oxygen atoms in total. The van der Waals surface area contributed by atoms with Gasteiger partial charge in [0.25, 0.3) is 5.89 Å². The molecule has 0 saturated carbocycles. The summed E-state index contributed by atoms with van der Waals surface area (Å²) >= 11 is 0. The Morgan fingerprint density at radius 3 is 2.88 bits per heavy atom. The topological polar surface area (TPSA) is 97.8 Å². The lowest BCUT2D eigenvalue weighted by Gasteiger charge is -2.26. The number of aromatic nitrogens is 2. The van der Waals surface area contributed by atoms with Crippen molar-refractivity contribution in [1.82, 2.24) is 15.0 Å². The highest BCUT2D eigenvalue weighted by Gasteiger charge is 2.46. The molecule has 166 valence electrons. The summed E-state index contributed by atoms with van der Waals surface area (Å²) in [6, 6.07) is 7.02. The molecule has 1 aliphatic heterocycles. The van der Waals surface area contributed by atoms with Gasteiger partial charge in [0.2, 0.25) is 5.82 Å². The largest absolute Gasteiger partial charge is 0.501 e. The van der Waals surface area contributed by atoms with Gasteiger partial charge in [0.15, 0.2) is 6.54 Å². The fraction of sp³-hybridized carbons (Fsp3) is 0.348. The van der Waals surface area contributed by atoms with Gasteiger partial charge in [-0.1, -0.05) is 35.5 Å². The number of benzene rings is 1. The number of hydrogen-bond acceptors (Lipinski definition) is 7. The van der Waals surface area contributed by atoms with E-state index in [0.29, 0.717) is 42.5 Å². The van der Waals surface area contributed by atoms with Gasteiger partial charge >= 0.3 is 11.9 Å². The SMILES string of the molecule is CCOc1ccccc1-c1noc(C[N+]2=C3C=CC=CC3C(=O)N(CCCOC)C2=O)n1. The highest BCUT2D eigenvalue weighted by atomic mass is 16.5. The maximum absolute atomic E-state index is 13.2. The minimum Gasteiger partial charge on any atom is -0.493 e. The van der Waals surface area contributed by atoms with Crippen LogP contribution in [0.1, 0.15) is 19.2 Å². The molecule has 9 heteroatoms. The average molecular weight is 437 g/mol. The number of amides is 3. The predicted molar refractivity (Wildman–Crippen MR) is 115 cm³/mol. The summed E-state index contributed by atoms with van der Waals surface area (Å²) in [5.74, 6) is 0.527. The van der Waals surface area contributed by atoms with Crippen LogP contribution in [-0.2, 0) is 16.1 Å². The third-order valence-electron chi connectivity index (χ3n) is 5.23. The van der Waals surface area contributed by atoms with E-state index in [2.05, 4.69) is 10.1 Å². The molecule has 1 aromatic heterocycles. The summed E-state index contributed by atoms with van der Waals surface area (Å²) in [7, 11) is 1.59. The predicted octanol–water partition coefficient (Wildman–Crippen LogP) is 2.83. The van der Waals surface area contributed by atoms with E-state index >= 15 is 0 Å². The number of ether oxygens (including phenoxy) is 2. The second-order valence-corrected chi connectivity index (χ2v) is 7.29. The molecule has 0 bridgehead atoms. The molecule has 2 aromatic rings. The van der Waals surface area contributed by atoms with E-state index in [4.69, 9.17) is 14.0 Å². The van der Waals surface area contributed by atoms with Crippen LogP contribution in [0.3, 0.4) is 0 Å². The monoisotopic (exact) mass is 437 g/mol. The molecule has 1 atom stereocenters. The fourth-order valence-corrected chi connectivity index (χ4v) is 3.74. The van der Waals surface area contributed by atoms with Crippen LogP contribution in [0.15, 0.2) is 53.1 Å². The first kappa shape index (κ1) is 21.6. The van der Waals surface area contributed by atoms with Crippen molar-refractivity contribution in [1.29, 1.82) is 0 Å². The summed E-state index contributed by atoms with van der Waals surface area (Å²) < 4.78 is 17.7. The lowest BCUT2D eigenvalue weighted by atomic mass is 9.94. The summed E-state index contributed by atoms with van der Waals surface area (Å²) in [5, 5.41) is 4.08. The Morgan fingerprint density at radius 2 is 2.06 bits per heavy atom. The molecule has 0 spiro atoms. The standard InChI is InChI=1S/C23H25N4O5/c1-3-31-19-12-7-5-10-17(19)21-24-20(32-25-21)15-27-18-11-6-4-9-16(18)22(28)26(23(27)29)13-8-14-30-2/h4-7,9-12,16H,3,8,13-15H2,1-2H3/q+1. The molecule has 32 heavy (non-hydrogen) atoms. The van der Waals surface area contributed by atoms with E-state index < -0.39 is 11.9 Å². The van der Waals surface area contributed by atoms with Crippen LogP contribution in [0, 0.1) is 5.92 Å². The van der Waals surface area contributed by atoms with Crippen LogP contribution in [0.4, 0.5) is 4.79 Å². The van der Waals surface area contributed by atoms with Crippen molar-refractivity contribution in [3.63, 3.8) is 0 Å². The molecule has 2 heterocycles. The van der Waals surface area contributed by atoms with Crippen molar-refractivity contribution >= 4 is 17.6 Å². The molecule has 0 fully saturated rings. The molecule has 4 rings (SSSR count). The number of carbonyl (C=O) groups excluding carboxylic acids is 2. The van der Waals surface area contributed by atoms with Crippen LogP contribution < -0.4 is 4.74 Å². The zero-order valence-electron chi connectivity index (χ0n) is 18.1. The molecule has 1 aromatic carbocycles. The Morgan fingerprint density at radius 1 is 1.22 bits per heavy atom. The third-order valence-corrected chi connectivity index (χ3v) is 5.23. The number of imide groups is 1. The van der Waals surface area contributed by atoms with E-state index in [9.17, 15) is 9.59 Å². The fourth-order valence-electron chi connectivity index (χ4n) is 3.74. The van der Waals surface area contributed by atoms with Crippen molar-refractivity contribution in [2.75, 3.05) is 26.9 Å². The molecular weight excluding hydrogens is 412 g/mol. The van der Waals surface area contributed by atoms with Gasteiger partial charge in [-0.25, -0.2) is 4.79 Å². The van der Waals surface area contributed by atoms with Crippen LogP contribution in [0.25, 0.3) is 11.4 Å². The lowest BCUT2D eigenvalue weighted by Crippen LogP contribution is -2.54. The van der Waals surface area contributed by atoms with Gasteiger partial charge in [-0.05, 0) is 25.1 Å². The second kappa shape index (κ2) is 9.69. The number of fused-ring (bicyclic) bond motifs is 1. The van der Waals surface area contributed by atoms with Gasteiger partial charge in [0.05, 0.1) is 18.7 Å². The van der Waals surface area contributed by atoms with Crippen molar-refractivity contribution in [2.45, 2.75) is 19.9 Å². The summed E-state index contributed by atoms with van der Waals surface area (Å²) in [6.07, 6.45) is 7.73. The Kier molecular flexibility index (Phi) is 6.55. The summed E-state index contributed by atoms with van der Waals surface area (Å²) in [4.78, 5) is 31.9. The lowest BCUT2D eigenvalue weighted by molar-refractivity contribution is -0.460. The van der Waals surface area contributed by atoms with E-state index in [1.54, 1.807) is 25.3 Å².